The summed E-state index contributed by atoms with van der Waals surface area (Å²) in [4.78, 5) is 12.7. The number of sulfone groups is 1. The molecule has 1 aliphatic rings. The molecule has 0 aromatic heterocycles. The van der Waals surface area contributed by atoms with E-state index in [1.165, 1.54) is 0 Å². The number of carbonyl (C=O) groups is 1. The predicted octanol–water partition coefficient (Wildman–Crippen LogP) is 1.50. The van der Waals surface area contributed by atoms with Gasteiger partial charge >= 0.3 is 0 Å². The van der Waals surface area contributed by atoms with Crippen LogP contribution in [0.4, 0.5) is 5.69 Å². The smallest absolute Gasteiger partial charge is 0.153 e. The van der Waals surface area contributed by atoms with Crippen molar-refractivity contribution in [2.75, 3.05) is 29.5 Å². The minimum absolute atomic E-state index is 0.194. The molecule has 0 atom stereocenters. The number of carbonyl (C=O) groups excluding carboxylic acids is 1. The third-order valence-electron chi connectivity index (χ3n) is 2.82. The Balaban J connectivity index is 2.19. The molecule has 92 valence electrons. The highest BCUT2D eigenvalue weighted by Gasteiger charge is 2.21. The lowest BCUT2D eigenvalue weighted by Crippen LogP contribution is -2.40. The van der Waals surface area contributed by atoms with Crippen LogP contribution in [0.2, 0.25) is 0 Å². The number of benzene rings is 1. The number of hydrogen-bond donors (Lipinski definition) is 0. The average molecular weight is 318 g/mol. The van der Waals surface area contributed by atoms with Crippen LogP contribution in [0.15, 0.2) is 22.7 Å². The molecule has 2 rings (SSSR count). The van der Waals surface area contributed by atoms with E-state index >= 15 is 0 Å². The van der Waals surface area contributed by atoms with Gasteiger partial charge in [0.15, 0.2) is 16.1 Å². The molecule has 1 aromatic rings. The molecule has 6 heteroatoms. The lowest BCUT2D eigenvalue weighted by Gasteiger charge is -2.29. The Morgan fingerprint density at radius 3 is 2.41 bits per heavy atom. The molecule has 1 fully saturated rings. The summed E-state index contributed by atoms with van der Waals surface area (Å²) >= 11 is 3.32. The number of halogens is 1. The monoisotopic (exact) mass is 317 g/mol. The largest absolute Gasteiger partial charge is 0.369 e. The molecule has 17 heavy (non-hydrogen) atoms. The fourth-order valence-electron chi connectivity index (χ4n) is 1.78. The summed E-state index contributed by atoms with van der Waals surface area (Å²) in [5.41, 5.74) is 1.54. The zero-order chi connectivity index (χ0) is 12.5. The van der Waals surface area contributed by atoms with Gasteiger partial charge in [-0.15, -0.1) is 0 Å². The van der Waals surface area contributed by atoms with E-state index < -0.39 is 9.84 Å². The van der Waals surface area contributed by atoms with Crippen molar-refractivity contribution in [3.8, 4) is 0 Å². The molecular weight excluding hydrogens is 306 g/mol. The summed E-state index contributed by atoms with van der Waals surface area (Å²) in [5.74, 6) is 0.389. The number of aldehydes is 1. The van der Waals surface area contributed by atoms with Gasteiger partial charge in [0.25, 0.3) is 0 Å². The molecular formula is C11H12BrNO3S. The predicted molar refractivity (Wildman–Crippen MR) is 70.4 cm³/mol. The molecule has 0 aliphatic carbocycles. The van der Waals surface area contributed by atoms with Gasteiger partial charge in [0.1, 0.15) is 0 Å². The lowest BCUT2D eigenvalue weighted by atomic mass is 10.2. The Hall–Kier alpha value is -0.880. The highest BCUT2D eigenvalue weighted by molar-refractivity contribution is 9.10. The van der Waals surface area contributed by atoms with E-state index in [1.807, 2.05) is 17.0 Å². The molecule has 0 unspecified atom stereocenters. The van der Waals surface area contributed by atoms with Gasteiger partial charge in [-0.2, -0.15) is 0 Å². The topological polar surface area (TPSA) is 54.5 Å². The van der Waals surface area contributed by atoms with Crippen molar-refractivity contribution in [3.05, 3.63) is 28.2 Å². The van der Waals surface area contributed by atoms with E-state index in [-0.39, 0.29) is 11.5 Å². The zero-order valence-electron chi connectivity index (χ0n) is 9.10. The highest BCUT2D eigenvalue weighted by Crippen LogP contribution is 2.24. The van der Waals surface area contributed by atoms with Crippen LogP contribution in [0.3, 0.4) is 0 Å². The molecule has 0 N–H and O–H groups in total. The summed E-state index contributed by atoms with van der Waals surface area (Å²) in [5, 5.41) is 0. The Morgan fingerprint density at radius 2 is 1.88 bits per heavy atom. The summed E-state index contributed by atoms with van der Waals surface area (Å²) < 4.78 is 23.4. The van der Waals surface area contributed by atoms with Gasteiger partial charge in [0.05, 0.1) is 11.5 Å². The summed E-state index contributed by atoms with van der Waals surface area (Å²) in [6.45, 7) is 1.02. The van der Waals surface area contributed by atoms with Crippen LogP contribution in [0.1, 0.15) is 10.4 Å². The molecule has 1 aliphatic heterocycles. The van der Waals surface area contributed by atoms with Crippen molar-refractivity contribution < 1.29 is 13.2 Å². The van der Waals surface area contributed by atoms with E-state index in [0.29, 0.717) is 18.7 Å². The quantitative estimate of drug-likeness (QED) is 0.776. The van der Waals surface area contributed by atoms with Gasteiger partial charge in [-0.25, -0.2) is 8.42 Å². The molecule has 0 saturated carbocycles. The molecule has 0 amide bonds. The van der Waals surface area contributed by atoms with Crippen molar-refractivity contribution in [2.24, 2.45) is 0 Å². The second kappa shape index (κ2) is 4.78. The minimum Gasteiger partial charge on any atom is -0.369 e. The number of rotatable bonds is 2. The maximum absolute atomic E-state index is 11.3. The summed E-state index contributed by atoms with van der Waals surface area (Å²) in [6, 6.07) is 5.42. The van der Waals surface area contributed by atoms with Gasteiger partial charge in [-0.3, -0.25) is 4.79 Å². The van der Waals surface area contributed by atoms with Crippen LogP contribution in [0, 0.1) is 0 Å². The van der Waals surface area contributed by atoms with Crippen molar-refractivity contribution in [1.82, 2.24) is 0 Å². The molecule has 0 bridgehead atoms. The van der Waals surface area contributed by atoms with Gasteiger partial charge in [0, 0.05) is 28.8 Å². The third kappa shape index (κ3) is 2.87. The van der Waals surface area contributed by atoms with Crippen LogP contribution < -0.4 is 4.90 Å². The Kier molecular flexibility index (Phi) is 3.53. The molecule has 1 heterocycles. The van der Waals surface area contributed by atoms with E-state index in [0.717, 1.165) is 16.4 Å². The standard InChI is InChI=1S/C11H12BrNO3S/c12-11-7-10(2-1-9(11)8-14)13-3-5-17(15,16)6-4-13/h1-2,7-8H,3-6H2. The second-order valence-electron chi connectivity index (χ2n) is 3.96. The maximum atomic E-state index is 11.3. The Labute approximate surface area is 109 Å². The number of hydrogen-bond acceptors (Lipinski definition) is 4. The molecule has 0 spiro atoms. The van der Waals surface area contributed by atoms with Gasteiger partial charge in [0.2, 0.25) is 0 Å². The first-order valence-corrected chi connectivity index (χ1v) is 7.83. The molecule has 4 nitrogen and oxygen atoms in total. The van der Waals surface area contributed by atoms with Crippen LogP contribution in [0.25, 0.3) is 0 Å². The SMILES string of the molecule is O=Cc1ccc(N2CCS(=O)(=O)CC2)cc1Br. The van der Waals surface area contributed by atoms with Gasteiger partial charge in [-0.1, -0.05) is 0 Å². The van der Waals surface area contributed by atoms with Crippen LogP contribution in [0.5, 0.6) is 0 Å². The van der Waals surface area contributed by atoms with E-state index in [9.17, 15) is 13.2 Å². The molecule has 1 saturated heterocycles. The van der Waals surface area contributed by atoms with Crippen molar-refractivity contribution in [1.29, 1.82) is 0 Å². The fraction of sp³-hybridized carbons (Fsp3) is 0.364. The Bertz CT molecular complexity index is 528. The van der Waals surface area contributed by atoms with E-state index in [1.54, 1.807) is 6.07 Å². The van der Waals surface area contributed by atoms with Crippen molar-refractivity contribution in [2.45, 2.75) is 0 Å². The molecule has 0 radical (unpaired) electrons. The fourth-order valence-corrected chi connectivity index (χ4v) is 3.44. The number of nitrogens with zero attached hydrogens (tertiary/aromatic N) is 1. The van der Waals surface area contributed by atoms with Crippen LogP contribution >= 0.6 is 15.9 Å². The van der Waals surface area contributed by atoms with Crippen LogP contribution in [-0.4, -0.2) is 39.3 Å². The number of anilines is 1. The normalized spacial score (nSPS) is 19.0. The van der Waals surface area contributed by atoms with Crippen LogP contribution in [-0.2, 0) is 9.84 Å². The maximum Gasteiger partial charge on any atom is 0.153 e. The average Bonchev–Trinajstić information content (AvgIpc) is 2.29. The first-order chi connectivity index (χ1) is 8.02. The van der Waals surface area contributed by atoms with E-state index in [4.69, 9.17) is 0 Å². The van der Waals surface area contributed by atoms with Gasteiger partial charge < -0.3 is 4.90 Å². The van der Waals surface area contributed by atoms with Gasteiger partial charge in [-0.05, 0) is 34.1 Å². The summed E-state index contributed by atoms with van der Waals surface area (Å²) in [7, 11) is -2.86. The zero-order valence-corrected chi connectivity index (χ0v) is 11.5. The Morgan fingerprint density at radius 1 is 1.24 bits per heavy atom. The molecule has 1 aromatic carbocycles. The van der Waals surface area contributed by atoms with E-state index in [2.05, 4.69) is 15.9 Å². The lowest BCUT2D eigenvalue weighted by molar-refractivity contribution is 0.112. The second-order valence-corrected chi connectivity index (χ2v) is 7.12. The first kappa shape index (κ1) is 12.6. The van der Waals surface area contributed by atoms with Crippen molar-refractivity contribution >= 4 is 37.7 Å². The summed E-state index contributed by atoms with van der Waals surface area (Å²) in [6.07, 6.45) is 0.786. The first-order valence-electron chi connectivity index (χ1n) is 5.22. The highest BCUT2D eigenvalue weighted by atomic mass is 79.9. The minimum atomic E-state index is -2.86. The van der Waals surface area contributed by atoms with Crippen molar-refractivity contribution in [3.63, 3.8) is 0 Å². The third-order valence-corrected chi connectivity index (χ3v) is 5.12.